The van der Waals surface area contributed by atoms with Gasteiger partial charge in [-0.05, 0) is 75.5 Å². The predicted molar refractivity (Wildman–Crippen MR) is 106 cm³/mol. The van der Waals surface area contributed by atoms with Crippen LogP contribution in [0.5, 0.6) is 5.75 Å². The first-order valence-corrected chi connectivity index (χ1v) is 9.53. The maximum atomic E-state index is 6.03. The minimum absolute atomic E-state index is 0.470. The zero-order valence-corrected chi connectivity index (χ0v) is 15.7. The van der Waals surface area contributed by atoms with Crippen LogP contribution in [0.25, 0.3) is 10.8 Å². The van der Waals surface area contributed by atoms with Crippen molar-refractivity contribution in [3.63, 3.8) is 0 Å². The molecule has 0 spiro atoms. The topological polar surface area (TPSA) is 25.6 Å². The molecule has 26 heavy (non-hydrogen) atoms. The minimum Gasteiger partial charge on any atom is -0.486 e. The van der Waals surface area contributed by atoms with E-state index in [2.05, 4.69) is 49.3 Å². The molecular formula is C23H27NO2. The van der Waals surface area contributed by atoms with Gasteiger partial charge in [-0.1, -0.05) is 30.3 Å². The van der Waals surface area contributed by atoms with E-state index in [1.165, 1.54) is 36.9 Å². The Bertz CT molecular complexity index is 881. The molecular weight excluding hydrogens is 322 g/mol. The Kier molecular flexibility index (Phi) is 4.98. The van der Waals surface area contributed by atoms with E-state index in [1.807, 2.05) is 12.1 Å². The van der Waals surface area contributed by atoms with E-state index in [0.717, 1.165) is 34.6 Å². The van der Waals surface area contributed by atoms with Gasteiger partial charge in [0.2, 0.25) is 0 Å². The summed E-state index contributed by atoms with van der Waals surface area (Å²) in [6.07, 6.45) is 6.73. The molecule has 0 radical (unpaired) electrons. The lowest BCUT2D eigenvalue weighted by Crippen LogP contribution is -2.21. The molecule has 0 saturated carbocycles. The molecule has 1 atom stereocenters. The lowest BCUT2D eigenvalue weighted by atomic mass is 9.82. The van der Waals surface area contributed by atoms with Gasteiger partial charge in [0.15, 0.2) is 0 Å². The van der Waals surface area contributed by atoms with Crippen molar-refractivity contribution in [1.82, 2.24) is 4.90 Å². The van der Waals surface area contributed by atoms with Crippen molar-refractivity contribution in [2.45, 2.75) is 32.3 Å². The van der Waals surface area contributed by atoms with Gasteiger partial charge in [0.25, 0.3) is 0 Å². The van der Waals surface area contributed by atoms with E-state index in [-0.39, 0.29) is 0 Å². The van der Waals surface area contributed by atoms with Crippen molar-refractivity contribution in [3.05, 3.63) is 65.6 Å². The van der Waals surface area contributed by atoms with E-state index in [9.17, 15) is 0 Å². The van der Waals surface area contributed by atoms with Gasteiger partial charge in [0.1, 0.15) is 18.1 Å². The fourth-order valence-corrected chi connectivity index (χ4v) is 3.90. The Hall–Kier alpha value is -2.26. The van der Waals surface area contributed by atoms with E-state index in [1.54, 1.807) is 6.26 Å². The lowest BCUT2D eigenvalue weighted by molar-refractivity contribution is 0.271. The molecule has 3 heteroatoms. The summed E-state index contributed by atoms with van der Waals surface area (Å²) in [6, 6.07) is 14.8. The summed E-state index contributed by atoms with van der Waals surface area (Å²) in [4.78, 5) is 2.28. The Morgan fingerprint density at radius 2 is 2.00 bits per heavy atom. The number of fused-ring (bicyclic) bond motifs is 2. The minimum atomic E-state index is 0.470. The van der Waals surface area contributed by atoms with Crippen molar-refractivity contribution in [3.8, 4) is 5.75 Å². The summed E-state index contributed by atoms with van der Waals surface area (Å²) in [7, 11) is 4.31. The van der Waals surface area contributed by atoms with Gasteiger partial charge in [-0.25, -0.2) is 0 Å². The maximum absolute atomic E-state index is 6.03. The zero-order valence-electron chi connectivity index (χ0n) is 15.7. The van der Waals surface area contributed by atoms with Gasteiger partial charge < -0.3 is 14.1 Å². The fraction of sp³-hybridized carbons (Fsp3) is 0.391. The SMILES string of the molecule is CN(C)CCC1CCc2cc(OCc3occ4ccccc34)ccc2C1. The Labute approximate surface area is 155 Å². The van der Waals surface area contributed by atoms with Gasteiger partial charge in [0, 0.05) is 10.8 Å². The number of benzene rings is 2. The summed E-state index contributed by atoms with van der Waals surface area (Å²) in [5.41, 5.74) is 2.95. The van der Waals surface area contributed by atoms with Gasteiger partial charge >= 0.3 is 0 Å². The van der Waals surface area contributed by atoms with Gasteiger partial charge in [0.05, 0.1) is 6.26 Å². The second-order valence-electron chi connectivity index (χ2n) is 7.67. The van der Waals surface area contributed by atoms with Crippen LogP contribution in [-0.2, 0) is 19.4 Å². The maximum Gasteiger partial charge on any atom is 0.149 e. The number of hydrogen-bond acceptors (Lipinski definition) is 3. The summed E-state index contributed by atoms with van der Waals surface area (Å²) in [6.45, 7) is 1.65. The molecule has 0 bridgehead atoms. The molecule has 1 unspecified atom stereocenters. The van der Waals surface area contributed by atoms with Gasteiger partial charge in [-0.15, -0.1) is 0 Å². The van der Waals surface area contributed by atoms with Crippen molar-refractivity contribution in [2.24, 2.45) is 5.92 Å². The van der Waals surface area contributed by atoms with E-state index >= 15 is 0 Å². The van der Waals surface area contributed by atoms with Crippen LogP contribution < -0.4 is 4.74 Å². The van der Waals surface area contributed by atoms with Crippen LogP contribution in [0.3, 0.4) is 0 Å². The van der Waals surface area contributed by atoms with E-state index in [0.29, 0.717) is 6.61 Å². The highest BCUT2D eigenvalue weighted by Crippen LogP contribution is 2.31. The monoisotopic (exact) mass is 349 g/mol. The van der Waals surface area contributed by atoms with Gasteiger partial charge in [-0.2, -0.15) is 0 Å². The molecule has 0 amide bonds. The summed E-state index contributed by atoms with van der Waals surface area (Å²) in [5, 5.41) is 2.26. The van der Waals surface area contributed by atoms with Crippen LogP contribution in [-0.4, -0.2) is 25.5 Å². The smallest absolute Gasteiger partial charge is 0.149 e. The Morgan fingerprint density at radius 1 is 1.12 bits per heavy atom. The standard InChI is InChI=1S/C23H27NO2/c1-24(2)12-11-17-7-8-19-14-21(10-9-18(19)13-17)25-16-23-22-6-4-3-5-20(22)15-26-23/h3-6,9-10,14-15,17H,7-8,11-13,16H2,1-2H3. The van der Waals surface area contributed by atoms with Crippen LogP contribution in [0.1, 0.15) is 29.7 Å². The molecule has 0 saturated heterocycles. The zero-order chi connectivity index (χ0) is 17.9. The van der Waals surface area contributed by atoms with Crippen molar-refractivity contribution < 1.29 is 9.15 Å². The summed E-state index contributed by atoms with van der Waals surface area (Å²) < 4.78 is 11.7. The molecule has 3 aromatic rings. The molecule has 0 N–H and O–H groups in total. The molecule has 2 aromatic carbocycles. The van der Waals surface area contributed by atoms with Gasteiger partial charge in [-0.3, -0.25) is 0 Å². The van der Waals surface area contributed by atoms with Crippen LogP contribution in [0, 0.1) is 5.92 Å². The van der Waals surface area contributed by atoms with Crippen LogP contribution in [0.15, 0.2) is 53.1 Å². The molecule has 0 fully saturated rings. The third kappa shape index (κ3) is 3.78. The summed E-state index contributed by atoms with van der Waals surface area (Å²) >= 11 is 0. The number of aryl methyl sites for hydroxylation is 1. The Balaban J connectivity index is 1.40. The molecule has 136 valence electrons. The molecule has 1 aliphatic rings. The third-order valence-electron chi connectivity index (χ3n) is 5.45. The summed E-state index contributed by atoms with van der Waals surface area (Å²) in [5.74, 6) is 2.64. The second-order valence-corrected chi connectivity index (χ2v) is 7.67. The number of rotatable bonds is 6. The average Bonchev–Trinajstić information content (AvgIpc) is 3.07. The fourth-order valence-electron chi connectivity index (χ4n) is 3.90. The van der Waals surface area contributed by atoms with E-state index in [4.69, 9.17) is 9.15 Å². The van der Waals surface area contributed by atoms with E-state index < -0.39 is 0 Å². The number of hydrogen-bond donors (Lipinski definition) is 0. The highest BCUT2D eigenvalue weighted by molar-refractivity contribution is 5.83. The highest BCUT2D eigenvalue weighted by atomic mass is 16.5. The molecule has 1 heterocycles. The molecule has 4 rings (SSSR count). The van der Waals surface area contributed by atoms with Crippen LogP contribution in [0.4, 0.5) is 0 Å². The first-order chi connectivity index (χ1) is 12.7. The Morgan fingerprint density at radius 3 is 2.88 bits per heavy atom. The quantitative estimate of drug-likeness (QED) is 0.621. The van der Waals surface area contributed by atoms with Crippen LogP contribution >= 0.6 is 0 Å². The molecule has 3 nitrogen and oxygen atoms in total. The second kappa shape index (κ2) is 7.55. The van der Waals surface area contributed by atoms with Crippen LogP contribution in [0.2, 0.25) is 0 Å². The number of ether oxygens (including phenoxy) is 1. The van der Waals surface area contributed by atoms with Crippen molar-refractivity contribution >= 4 is 10.8 Å². The van der Waals surface area contributed by atoms with Crippen molar-refractivity contribution in [2.75, 3.05) is 20.6 Å². The number of furan rings is 1. The highest BCUT2D eigenvalue weighted by Gasteiger charge is 2.19. The predicted octanol–water partition coefficient (Wildman–Crippen LogP) is 5.07. The average molecular weight is 349 g/mol. The third-order valence-corrected chi connectivity index (χ3v) is 5.45. The number of nitrogens with zero attached hydrogens (tertiary/aromatic N) is 1. The first kappa shape index (κ1) is 17.2. The first-order valence-electron chi connectivity index (χ1n) is 9.53. The van der Waals surface area contributed by atoms with Crippen molar-refractivity contribution in [1.29, 1.82) is 0 Å². The molecule has 1 aromatic heterocycles. The molecule has 0 aliphatic heterocycles. The molecule has 1 aliphatic carbocycles. The largest absolute Gasteiger partial charge is 0.486 e. The lowest BCUT2D eigenvalue weighted by Gasteiger charge is -2.26. The normalized spacial score (nSPS) is 16.8.